The largest absolute Gasteiger partial charge is 0.347 e. The Labute approximate surface area is 108 Å². The Balaban J connectivity index is 2.02. The summed E-state index contributed by atoms with van der Waals surface area (Å²) in [5.41, 5.74) is 1.16. The fraction of sp³-hybridized carbons (Fsp3) is 0.250. The summed E-state index contributed by atoms with van der Waals surface area (Å²) in [6.07, 6.45) is 1.41. The molecule has 0 bridgehead atoms. The molecule has 0 fully saturated rings. The molecule has 2 aromatic heterocycles. The van der Waals surface area contributed by atoms with Crippen LogP contribution in [0, 0.1) is 13.8 Å². The van der Waals surface area contributed by atoms with Crippen LogP contribution in [-0.4, -0.2) is 15.9 Å². The van der Waals surface area contributed by atoms with Gasteiger partial charge in [0.05, 0.1) is 22.8 Å². The fourth-order valence-corrected chi connectivity index (χ4v) is 2.43. The smallest absolute Gasteiger partial charge is 0.253 e. The highest BCUT2D eigenvalue weighted by Crippen LogP contribution is 2.16. The molecule has 1 amide bonds. The van der Waals surface area contributed by atoms with Crippen molar-refractivity contribution in [2.75, 3.05) is 0 Å². The van der Waals surface area contributed by atoms with E-state index >= 15 is 0 Å². The zero-order chi connectivity index (χ0) is 13.1. The number of hydrogen-bond donors (Lipinski definition) is 2. The number of nitrogens with zero attached hydrogens (tertiary/aromatic N) is 1. The minimum atomic E-state index is -0.222. The molecule has 0 saturated heterocycles. The van der Waals surface area contributed by atoms with Gasteiger partial charge in [-0.05, 0) is 19.9 Å². The number of nitrogens with one attached hydrogen (secondary N) is 2. The second-order valence-corrected chi connectivity index (χ2v) is 5.15. The highest BCUT2D eigenvalue weighted by Gasteiger charge is 2.08. The molecule has 0 saturated carbocycles. The van der Waals surface area contributed by atoms with Crippen molar-refractivity contribution in [3.05, 3.63) is 49.8 Å². The summed E-state index contributed by atoms with van der Waals surface area (Å²) in [6, 6.07) is 2.83. The first-order valence-corrected chi connectivity index (χ1v) is 6.28. The molecule has 94 valence electrons. The van der Waals surface area contributed by atoms with Crippen molar-refractivity contribution in [1.29, 1.82) is 0 Å². The third-order valence-electron chi connectivity index (χ3n) is 2.46. The van der Waals surface area contributed by atoms with E-state index in [0.29, 0.717) is 12.1 Å². The first kappa shape index (κ1) is 12.5. The predicted octanol–water partition coefficient (Wildman–Crippen LogP) is 1.38. The van der Waals surface area contributed by atoms with Gasteiger partial charge in [-0.1, -0.05) is 0 Å². The topological polar surface area (TPSA) is 74.8 Å². The van der Waals surface area contributed by atoms with Crippen molar-refractivity contribution in [3.63, 3.8) is 0 Å². The molecule has 2 aromatic rings. The molecule has 0 aliphatic carbocycles. The monoisotopic (exact) mass is 263 g/mol. The third-order valence-corrected chi connectivity index (χ3v) is 3.53. The Kier molecular flexibility index (Phi) is 3.57. The normalized spacial score (nSPS) is 10.3. The molecule has 0 aliphatic heterocycles. The number of thiazole rings is 1. The number of aromatic nitrogens is 2. The highest BCUT2D eigenvalue weighted by atomic mass is 32.1. The van der Waals surface area contributed by atoms with Crippen LogP contribution < -0.4 is 10.9 Å². The minimum absolute atomic E-state index is 0.211. The number of hydrogen-bond acceptors (Lipinski definition) is 4. The first-order valence-electron chi connectivity index (χ1n) is 5.46. The first-order chi connectivity index (χ1) is 8.56. The SMILES string of the molecule is Cc1nc(C)c(CNC(=O)c2ccc(=O)[nH]c2)s1. The lowest BCUT2D eigenvalue weighted by molar-refractivity contribution is 0.0951. The lowest BCUT2D eigenvalue weighted by Gasteiger charge is -2.03. The van der Waals surface area contributed by atoms with E-state index in [-0.39, 0.29) is 11.5 Å². The molecule has 18 heavy (non-hydrogen) atoms. The highest BCUT2D eigenvalue weighted by molar-refractivity contribution is 7.11. The molecule has 0 unspecified atom stereocenters. The maximum Gasteiger partial charge on any atom is 0.253 e. The Morgan fingerprint density at radius 1 is 1.44 bits per heavy atom. The predicted molar refractivity (Wildman–Crippen MR) is 69.8 cm³/mol. The van der Waals surface area contributed by atoms with Crippen molar-refractivity contribution < 1.29 is 4.79 Å². The van der Waals surface area contributed by atoms with Crippen molar-refractivity contribution in [2.24, 2.45) is 0 Å². The summed E-state index contributed by atoms with van der Waals surface area (Å²) in [5.74, 6) is -0.211. The van der Waals surface area contributed by atoms with E-state index in [2.05, 4.69) is 15.3 Å². The van der Waals surface area contributed by atoms with Crippen LogP contribution in [0.15, 0.2) is 23.1 Å². The van der Waals surface area contributed by atoms with Crippen molar-refractivity contribution in [1.82, 2.24) is 15.3 Å². The zero-order valence-corrected chi connectivity index (χ0v) is 10.9. The molecule has 5 nitrogen and oxygen atoms in total. The molecule has 0 radical (unpaired) electrons. The Hall–Kier alpha value is -1.95. The number of carbonyl (C=O) groups excluding carboxylic acids is 1. The van der Waals surface area contributed by atoms with Gasteiger partial charge in [-0.2, -0.15) is 0 Å². The Bertz CT molecular complexity index is 610. The molecule has 0 aromatic carbocycles. The average molecular weight is 263 g/mol. The number of carbonyl (C=O) groups is 1. The summed E-state index contributed by atoms with van der Waals surface area (Å²) in [7, 11) is 0. The van der Waals surface area contributed by atoms with Crippen molar-refractivity contribution in [3.8, 4) is 0 Å². The van der Waals surface area contributed by atoms with Gasteiger partial charge < -0.3 is 10.3 Å². The van der Waals surface area contributed by atoms with E-state index in [1.165, 1.54) is 18.3 Å². The van der Waals surface area contributed by atoms with Crippen LogP contribution in [0.1, 0.15) is 25.9 Å². The van der Waals surface area contributed by atoms with E-state index < -0.39 is 0 Å². The van der Waals surface area contributed by atoms with Gasteiger partial charge >= 0.3 is 0 Å². The summed E-state index contributed by atoms with van der Waals surface area (Å²) in [5, 5.41) is 3.79. The molecule has 2 heterocycles. The average Bonchev–Trinajstić information content (AvgIpc) is 2.66. The quantitative estimate of drug-likeness (QED) is 0.878. The molecule has 0 aliphatic rings. The van der Waals surface area contributed by atoms with Gasteiger partial charge in [0.1, 0.15) is 0 Å². The number of aryl methyl sites for hydroxylation is 2. The van der Waals surface area contributed by atoms with E-state index in [4.69, 9.17) is 0 Å². The van der Waals surface area contributed by atoms with Gasteiger partial charge in [-0.3, -0.25) is 9.59 Å². The van der Waals surface area contributed by atoms with Crippen molar-refractivity contribution >= 4 is 17.2 Å². The molecular formula is C12H13N3O2S. The van der Waals surface area contributed by atoms with Crippen LogP contribution in [0.25, 0.3) is 0 Å². The van der Waals surface area contributed by atoms with Gasteiger partial charge in [0, 0.05) is 17.1 Å². The summed E-state index contributed by atoms with van der Waals surface area (Å²) in [4.78, 5) is 30.5. The van der Waals surface area contributed by atoms with Crippen LogP contribution in [0.4, 0.5) is 0 Å². The third kappa shape index (κ3) is 2.84. The lowest BCUT2D eigenvalue weighted by Crippen LogP contribution is -2.23. The molecule has 2 N–H and O–H groups in total. The van der Waals surface area contributed by atoms with Gasteiger partial charge in [0.15, 0.2) is 0 Å². The summed E-state index contributed by atoms with van der Waals surface area (Å²) in [6.45, 7) is 4.31. The maximum atomic E-state index is 11.8. The van der Waals surface area contributed by atoms with E-state index in [1.54, 1.807) is 11.3 Å². The van der Waals surface area contributed by atoms with Crippen molar-refractivity contribution in [2.45, 2.75) is 20.4 Å². The van der Waals surface area contributed by atoms with Gasteiger partial charge in [0.25, 0.3) is 5.91 Å². The van der Waals surface area contributed by atoms with Crippen LogP contribution in [0.2, 0.25) is 0 Å². The van der Waals surface area contributed by atoms with Gasteiger partial charge in [-0.15, -0.1) is 11.3 Å². The molecule has 0 atom stereocenters. The summed E-state index contributed by atoms with van der Waals surface area (Å²) >= 11 is 1.57. The van der Waals surface area contributed by atoms with Gasteiger partial charge in [-0.25, -0.2) is 4.98 Å². The van der Waals surface area contributed by atoms with E-state index in [9.17, 15) is 9.59 Å². The molecule has 6 heteroatoms. The number of rotatable bonds is 3. The van der Waals surface area contributed by atoms with Crippen LogP contribution in [0.3, 0.4) is 0 Å². The number of amides is 1. The Morgan fingerprint density at radius 2 is 2.22 bits per heavy atom. The summed E-state index contributed by atoms with van der Waals surface area (Å²) < 4.78 is 0. The van der Waals surface area contributed by atoms with Crippen LogP contribution in [0.5, 0.6) is 0 Å². The molecular weight excluding hydrogens is 250 g/mol. The Morgan fingerprint density at radius 3 is 2.78 bits per heavy atom. The molecule has 0 spiro atoms. The van der Waals surface area contributed by atoms with E-state index in [1.807, 2.05) is 13.8 Å². The fourth-order valence-electron chi connectivity index (χ4n) is 1.55. The zero-order valence-electron chi connectivity index (χ0n) is 10.1. The van der Waals surface area contributed by atoms with Gasteiger partial charge in [0.2, 0.25) is 5.56 Å². The minimum Gasteiger partial charge on any atom is -0.347 e. The second kappa shape index (κ2) is 5.14. The standard InChI is InChI=1S/C12H13N3O2S/c1-7-10(18-8(2)15-7)6-14-12(17)9-3-4-11(16)13-5-9/h3-5H,6H2,1-2H3,(H,13,16)(H,14,17). The maximum absolute atomic E-state index is 11.8. The lowest BCUT2D eigenvalue weighted by atomic mass is 10.2. The van der Waals surface area contributed by atoms with E-state index in [0.717, 1.165) is 15.6 Å². The number of aromatic amines is 1. The second-order valence-electron chi connectivity index (χ2n) is 3.87. The van der Waals surface area contributed by atoms with Crippen LogP contribution in [-0.2, 0) is 6.54 Å². The number of H-pyrrole nitrogens is 1. The molecule has 2 rings (SSSR count). The van der Waals surface area contributed by atoms with Crippen LogP contribution >= 0.6 is 11.3 Å². The number of pyridine rings is 1.